The first kappa shape index (κ1) is 13.2. The van der Waals surface area contributed by atoms with E-state index in [2.05, 4.69) is 32.3 Å². The summed E-state index contributed by atoms with van der Waals surface area (Å²) < 4.78 is 7.61. The van der Waals surface area contributed by atoms with Gasteiger partial charge in [0.05, 0.1) is 31.1 Å². The molecular weight excluding hydrogens is 254 g/mol. The molecule has 2 aromatic rings. The number of aryl methyl sites for hydroxylation is 1. The zero-order valence-electron chi connectivity index (χ0n) is 11.6. The largest absolute Gasteiger partial charge is 0.374 e. The predicted octanol–water partition coefficient (Wildman–Crippen LogP) is 0.883. The van der Waals surface area contributed by atoms with E-state index in [1.165, 1.54) is 0 Å². The quantitative estimate of drug-likeness (QED) is 0.828. The summed E-state index contributed by atoms with van der Waals surface area (Å²) in [7, 11) is 0. The van der Waals surface area contributed by atoms with Crippen LogP contribution in [-0.4, -0.2) is 50.7 Å². The van der Waals surface area contributed by atoms with E-state index in [9.17, 15) is 0 Å². The van der Waals surface area contributed by atoms with E-state index in [0.29, 0.717) is 0 Å². The lowest BCUT2D eigenvalue weighted by atomic mass is 10.2. The number of ether oxygens (including phenoxy) is 1. The summed E-state index contributed by atoms with van der Waals surface area (Å²) in [6.45, 7) is 6.25. The fraction of sp³-hybridized carbons (Fsp3) is 0.500. The first-order chi connectivity index (χ1) is 9.79. The highest BCUT2D eigenvalue weighted by atomic mass is 16.5. The van der Waals surface area contributed by atoms with E-state index < -0.39 is 0 Å². The average Bonchev–Trinajstić information content (AvgIpc) is 2.92. The van der Waals surface area contributed by atoms with E-state index in [1.807, 2.05) is 23.9 Å². The van der Waals surface area contributed by atoms with Gasteiger partial charge in [-0.25, -0.2) is 4.68 Å². The van der Waals surface area contributed by atoms with E-state index >= 15 is 0 Å². The number of rotatable bonds is 4. The van der Waals surface area contributed by atoms with Gasteiger partial charge >= 0.3 is 0 Å². The van der Waals surface area contributed by atoms with Gasteiger partial charge in [-0.15, -0.1) is 5.10 Å². The lowest BCUT2D eigenvalue weighted by molar-refractivity contribution is -0.0407. The van der Waals surface area contributed by atoms with Crippen molar-refractivity contribution in [1.29, 1.82) is 0 Å². The van der Waals surface area contributed by atoms with Crippen LogP contribution in [0.3, 0.4) is 0 Å². The Morgan fingerprint density at radius 2 is 2.35 bits per heavy atom. The minimum Gasteiger partial charge on any atom is -0.374 e. The highest BCUT2D eigenvalue weighted by Gasteiger charge is 2.21. The number of hydrogen-bond donors (Lipinski definition) is 0. The molecule has 20 heavy (non-hydrogen) atoms. The maximum Gasteiger partial charge on any atom is 0.0898 e. The van der Waals surface area contributed by atoms with Gasteiger partial charge in [0.1, 0.15) is 0 Å². The molecule has 0 N–H and O–H groups in total. The van der Waals surface area contributed by atoms with Crippen LogP contribution in [-0.2, 0) is 17.8 Å². The Kier molecular flexibility index (Phi) is 4.03. The van der Waals surface area contributed by atoms with Gasteiger partial charge in [0.2, 0.25) is 0 Å². The van der Waals surface area contributed by atoms with Gasteiger partial charge in [-0.05, 0) is 19.1 Å². The Bertz CT molecular complexity index is 542. The standard InChI is InChI=1S/C14H19N5O/c1-12-3-2-4-13(16-12)9-18-7-8-20-14(10-18)11-19-6-5-15-17-19/h2-6,14H,7-11H2,1H3. The third kappa shape index (κ3) is 3.40. The van der Waals surface area contributed by atoms with Crippen LogP contribution in [0.4, 0.5) is 0 Å². The SMILES string of the molecule is Cc1cccc(CN2CCOC(Cn3ccnn3)C2)n1. The van der Waals surface area contributed by atoms with Gasteiger partial charge < -0.3 is 4.74 Å². The van der Waals surface area contributed by atoms with E-state index in [4.69, 9.17) is 4.74 Å². The molecule has 2 aromatic heterocycles. The molecule has 1 unspecified atom stereocenters. The molecule has 1 aliphatic heterocycles. The van der Waals surface area contributed by atoms with Crippen LogP contribution in [0, 0.1) is 6.92 Å². The second-order valence-corrected chi connectivity index (χ2v) is 5.12. The highest BCUT2D eigenvalue weighted by Crippen LogP contribution is 2.11. The van der Waals surface area contributed by atoms with Crippen LogP contribution in [0.5, 0.6) is 0 Å². The van der Waals surface area contributed by atoms with Crippen molar-refractivity contribution in [2.45, 2.75) is 26.1 Å². The summed E-state index contributed by atoms with van der Waals surface area (Å²) in [5.74, 6) is 0. The molecule has 1 saturated heterocycles. The van der Waals surface area contributed by atoms with Crippen LogP contribution < -0.4 is 0 Å². The molecule has 0 saturated carbocycles. The molecule has 0 aromatic carbocycles. The van der Waals surface area contributed by atoms with Crippen molar-refractivity contribution in [3.63, 3.8) is 0 Å². The third-order valence-electron chi connectivity index (χ3n) is 3.42. The third-order valence-corrected chi connectivity index (χ3v) is 3.42. The van der Waals surface area contributed by atoms with Crippen LogP contribution in [0.25, 0.3) is 0 Å². The molecule has 3 rings (SSSR count). The molecule has 0 radical (unpaired) electrons. The molecule has 6 nitrogen and oxygen atoms in total. The molecule has 1 atom stereocenters. The summed E-state index contributed by atoms with van der Waals surface area (Å²) in [4.78, 5) is 6.94. The van der Waals surface area contributed by atoms with E-state index in [-0.39, 0.29) is 6.10 Å². The predicted molar refractivity (Wildman–Crippen MR) is 74.0 cm³/mol. The smallest absolute Gasteiger partial charge is 0.0898 e. The summed E-state index contributed by atoms with van der Waals surface area (Å²) in [5, 5.41) is 7.80. The van der Waals surface area contributed by atoms with Crippen molar-refractivity contribution in [2.75, 3.05) is 19.7 Å². The Balaban J connectivity index is 1.57. The van der Waals surface area contributed by atoms with Crippen molar-refractivity contribution in [2.24, 2.45) is 0 Å². The summed E-state index contributed by atoms with van der Waals surface area (Å²) in [6, 6.07) is 6.16. The zero-order valence-corrected chi connectivity index (χ0v) is 11.6. The number of morpholine rings is 1. The van der Waals surface area contributed by atoms with Crippen molar-refractivity contribution < 1.29 is 4.74 Å². The highest BCUT2D eigenvalue weighted by molar-refractivity contribution is 5.09. The van der Waals surface area contributed by atoms with Crippen molar-refractivity contribution in [3.8, 4) is 0 Å². The van der Waals surface area contributed by atoms with Gasteiger partial charge in [-0.1, -0.05) is 11.3 Å². The second kappa shape index (κ2) is 6.11. The Labute approximate surface area is 118 Å². The Hall–Kier alpha value is -1.79. The van der Waals surface area contributed by atoms with Gasteiger partial charge in [0.25, 0.3) is 0 Å². The molecular formula is C14H19N5O. The maximum absolute atomic E-state index is 5.79. The minimum absolute atomic E-state index is 0.162. The number of pyridine rings is 1. The van der Waals surface area contributed by atoms with Gasteiger partial charge in [0.15, 0.2) is 0 Å². The average molecular weight is 273 g/mol. The van der Waals surface area contributed by atoms with Gasteiger partial charge in [-0.2, -0.15) is 0 Å². The topological polar surface area (TPSA) is 56.1 Å². The van der Waals surface area contributed by atoms with Gasteiger partial charge in [-0.3, -0.25) is 9.88 Å². The summed E-state index contributed by atoms with van der Waals surface area (Å²) in [5.41, 5.74) is 2.18. The molecule has 0 aliphatic carbocycles. The zero-order chi connectivity index (χ0) is 13.8. The van der Waals surface area contributed by atoms with Crippen molar-refractivity contribution >= 4 is 0 Å². The summed E-state index contributed by atoms with van der Waals surface area (Å²) >= 11 is 0. The van der Waals surface area contributed by atoms with E-state index in [1.54, 1.807) is 6.20 Å². The van der Waals surface area contributed by atoms with Crippen molar-refractivity contribution in [1.82, 2.24) is 24.9 Å². The van der Waals surface area contributed by atoms with Crippen molar-refractivity contribution in [3.05, 3.63) is 42.0 Å². The normalized spacial score (nSPS) is 20.1. The minimum atomic E-state index is 0.162. The van der Waals surface area contributed by atoms with E-state index in [0.717, 1.165) is 44.2 Å². The summed E-state index contributed by atoms with van der Waals surface area (Å²) in [6.07, 6.45) is 3.72. The molecule has 0 bridgehead atoms. The maximum atomic E-state index is 5.79. The number of aromatic nitrogens is 4. The number of nitrogens with zero attached hydrogens (tertiary/aromatic N) is 5. The number of hydrogen-bond acceptors (Lipinski definition) is 5. The first-order valence-corrected chi connectivity index (χ1v) is 6.90. The molecule has 0 spiro atoms. The van der Waals surface area contributed by atoms with Gasteiger partial charge in [0, 0.05) is 31.5 Å². The molecule has 106 valence electrons. The molecule has 1 aliphatic rings. The molecule has 6 heteroatoms. The van der Waals surface area contributed by atoms with Crippen LogP contribution in [0.15, 0.2) is 30.6 Å². The lowest BCUT2D eigenvalue weighted by Crippen LogP contribution is -2.43. The van der Waals surface area contributed by atoms with Crippen LogP contribution in [0.2, 0.25) is 0 Å². The lowest BCUT2D eigenvalue weighted by Gasteiger charge is -2.32. The molecule has 1 fully saturated rings. The Morgan fingerprint density at radius 3 is 3.15 bits per heavy atom. The van der Waals surface area contributed by atoms with Crippen LogP contribution >= 0.6 is 0 Å². The Morgan fingerprint density at radius 1 is 1.40 bits per heavy atom. The molecule has 0 amide bonds. The first-order valence-electron chi connectivity index (χ1n) is 6.90. The monoisotopic (exact) mass is 273 g/mol. The second-order valence-electron chi connectivity index (χ2n) is 5.12. The molecule has 3 heterocycles. The fourth-order valence-corrected chi connectivity index (χ4v) is 2.49. The van der Waals surface area contributed by atoms with Crippen LogP contribution in [0.1, 0.15) is 11.4 Å². The fourth-order valence-electron chi connectivity index (χ4n) is 2.49.